The van der Waals surface area contributed by atoms with E-state index < -0.39 is 12.1 Å². The SMILES string of the molecule is CCOC(=O)NC(Cc1ccccc1)C(=O)N1CCC2(CCN(C(=O)CCCOc3ccccc3)CC2)C1. The molecule has 38 heavy (non-hydrogen) atoms. The summed E-state index contributed by atoms with van der Waals surface area (Å²) in [5, 5.41) is 2.78. The summed E-state index contributed by atoms with van der Waals surface area (Å²) >= 11 is 0. The van der Waals surface area contributed by atoms with E-state index in [2.05, 4.69) is 5.32 Å². The van der Waals surface area contributed by atoms with Gasteiger partial charge in [-0.1, -0.05) is 48.5 Å². The van der Waals surface area contributed by atoms with Crippen molar-refractivity contribution >= 4 is 17.9 Å². The maximum absolute atomic E-state index is 13.5. The molecule has 1 atom stereocenters. The van der Waals surface area contributed by atoms with Crippen molar-refractivity contribution in [2.75, 3.05) is 39.4 Å². The summed E-state index contributed by atoms with van der Waals surface area (Å²) in [6.45, 7) is 5.28. The number of carbonyl (C=O) groups is 3. The third-order valence-electron chi connectivity index (χ3n) is 7.62. The Hall–Kier alpha value is -3.55. The van der Waals surface area contributed by atoms with Crippen molar-refractivity contribution in [3.05, 3.63) is 66.2 Å². The Morgan fingerprint density at radius 2 is 1.55 bits per heavy atom. The van der Waals surface area contributed by atoms with Crippen molar-refractivity contribution in [2.45, 2.75) is 51.5 Å². The molecule has 8 nitrogen and oxygen atoms in total. The zero-order valence-electron chi connectivity index (χ0n) is 22.3. The summed E-state index contributed by atoms with van der Waals surface area (Å²) in [4.78, 5) is 42.3. The van der Waals surface area contributed by atoms with Crippen LogP contribution in [0.5, 0.6) is 5.75 Å². The topological polar surface area (TPSA) is 88.2 Å². The first-order valence-electron chi connectivity index (χ1n) is 13.7. The minimum absolute atomic E-state index is 0.0318. The lowest BCUT2D eigenvalue weighted by Crippen LogP contribution is -2.50. The molecule has 0 radical (unpaired) electrons. The van der Waals surface area contributed by atoms with Crippen LogP contribution in [0.3, 0.4) is 0 Å². The van der Waals surface area contributed by atoms with Crippen LogP contribution in [0.25, 0.3) is 0 Å². The van der Waals surface area contributed by atoms with E-state index in [0.717, 1.165) is 43.7 Å². The van der Waals surface area contributed by atoms with Gasteiger partial charge in [-0.05, 0) is 55.7 Å². The molecule has 2 saturated heterocycles. The van der Waals surface area contributed by atoms with E-state index in [0.29, 0.717) is 39.0 Å². The van der Waals surface area contributed by atoms with Crippen LogP contribution in [0.1, 0.15) is 44.6 Å². The Morgan fingerprint density at radius 1 is 0.921 bits per heavy atom. The fourth-order valence-corrected chi connectivity index (χ4v) is 5.44. The third kappa shape index (κ3) is 7.49. The van der Waals surface area contributed by atoms with Gasteiger partial charge in [-0.3, -0.25) is 9.59 Å². The quantitative estimate of drug-likeness (QED) is 0.477. The van der Waals surface area contributed by atoms with Crippen LogP contribution in [0.4, 0.5) is 4.79 Å². The van der Waals surface area contributed by atoms with Crippen LogP contribution in [-0.4, -0.2) is 73.1 Å². The molecule has 4 rings (SSSR count). The normalized spacial score (nSPS) is 17.2. The molecule has 0 bridgehead atoms. The van der Waals surface area contributed by atoms with Crippen molar-refractivity contribution in [1.29, 1.82) is 0 Å². The molecule has 204 valence electrons. The van der Waals surface area contributed by atoms with Gasteiger partial charge in [0.2, 0.25) is 11.8 Å². The van der Waals surface area contributed by atoms with Crippen LogP contribution in [0, 0.1) is 5.41 Å². The summed E-state index contributed by atoms with van der Waals surface area (Å²) in [6, 6.07) is 18.7. The Balaban J connectivity index is 1.25. The Bertz CT molecular complexity index is 1050. The maximum Gasteiger partial charge on any atom is 0.407 e. The van der Waals surface area contributed by atoms with Crippen molar-refractivity contribution in [2.24, 2.45) is 5.41 Å². The zero-order chi connectivity index (χ0) is 26.8. The van der Waals surface area contributed by atoms with E-state index in [1.54, 1.807) is 6.92 Å². The number of nitrogens with zero attached hydrogens (tertiary/aromatic N) is 2. The van der Waals surface area contributed by atoms with Gasteiger partial charge < -0.3 is 24.6 Å². The molecule has 0 saturated carbocycles. The maximum atomic E-state index is 13.5. The van der Waals surface area contributed by atoms with Gasteiger partial charge in [-0.15, -0.1) is 0 Å². The van der Waals surface area contributed by atoms with Gasteiger partial charge in [-0.2, -0.15) is 0 Å². The van der Waals surface area contributed by atoms with E-state index >= 15 is 0 Å². The van der Waals surface area contributed by atoms with Gasteiger partial charge in [0.25, 0.3) is 0 Å². The second kappa shape index (κ2) is 13.3. The highest BCUT2D eigenvalue weighted by atomic mass is 16.5. The van der Waals surface area contributed by atoms with E-state index in [1.807, 2.05) is 70.5 Å². The molecular formula is C30H39N3O5. The second-order valence-corrected chi connectivity index (χ2v) is 10.3. The average Bonchev–Trinajstić information content (AvgIpc) is 3.35. The molecule has 1 spiro atoms. The predicted molar refractivity (Wildman–Crippen MR) is 145 cm³/mol. The van der Waals surface area contributed by atoms with Gasteiger partial charge in [0.15, 0.2) is 0 Å². The zero-order valence-corrected chi connectivity index (χ0v) is 22.3. The fourth-order valence-electron chi connectivity index (χ4n) is 5.44. The lowest BCUT2D eigenvalue weighted by Gasteiger charge is -2.39. The number of ether oxygens (including phenoxy) is 2. The van der Waals surface area contributed by atoms with Crippen LogP contribution >= 0.6 is 0 Å². The van der Waals surface area contributed by atoms with Crippen molar-refractivity contribution < 1.29 is 23.9 Å². The highest BCUT2D eigenvalue weighted by Gasteiger charge is 2.44. The lowest BCUT2D eigenvalue weighted by molar-refractivity contribution is -0.135. The number of nitrogens with one attached hydrogen (secondary N) is 1. The fraction of sp³-hybridized carbons (Fsp3) is 0.500. The van der Waals surface area contributed by atoms with E-state index in [-0.39, 0.29) is 23.8 Å². The summed E-state index contributed by atoms with van der Waals surface area (Å²) in [7, 11) is 0. The molecule has 2 heterocycles. The summed E-state index contributed by atoms with van der Waals surface area (Å²) in [5.74, 6) is 0.920. The van der Waals surface area contributed by atoms with Crippen LogP contribution < -0.4 is 10.1 Å². The Kier molecular flexibility index (Phi) is 9.62. The number of piperidine rings is 1. The number of rotatable bonds is 10. The molecule has 3 amide bonds. The molecule has 2 aliphatic rings. The number of hydrogen-bond donors (Lipinski definition) is 1. The summed E-state index contributed by atoms with van der Waals surface area (Å²) < 4.78 is 10.8. The minimum Gasteiger partial charge on any atom is -0.494 e. The van der Waals surface area contributed by atoms with Crippen molar-refractivity contribution in [1.82, 2.24) is 15.1 Å². The molecule has 1 N–H and O–H groups in total. The summed E-state index contributed by atoms with van der Waals surface area (Å²) in [6.07, 6.45) is 3.70. The van der Waals surface area contributed by atoms with Gasteiger partial charge in [0.1, 0.15) is 11.8 Å². The standard InChI is InChI=1S/C30H39N3O5/c1-2-37-29(36)31-26(22-24-10-5-3-6-11-24)28(35)33-20-17-30(23-33)15-18-32(19-16-30)27(34)14-9-21-38-25-12-7-4-8-13-25/h3-8,10-13,26H,2,9,14-23H2,1H3,(H,31,36). The monoisotopic (exact) mass is 521 g/mol. The van der Waals surface area contributed by atoms with Gasteiger partial charge in [-0.25, -0.2) is 4.79 Å². The first-order valence-corrected chi connectivity index (χ1v) is 13.7. The number of hydrogen-bond acceptors (Lipinski definition) is 5. The lowest BCUT2D eigenvalue weighted by atomic mass is 9.77. The number of carbonyl (C=O) groups excluding carboxylic acids is 3. The molecule has 0 aliphatic carbocycles. The first kappa shape index (κ1) is 27.5. The molecular weight excluding hydrogens is 482 g/mol. The average molecular weight is 522 g/mol. The Morgan fingerprint density at radius 3 is 2.21 bits per heavy atom. The number of likely N-dealkylation sites (tertiary alicyclic amines) is 2. The second-order valence-electron chi connectivity index (χ2n) is 10.3. The van der Waals surface area contributed by atoms with Crippen LogP contribution in [0.15, 0.2) is 60.7 Å². The van der Waals surface area contributed by atoms with Gasteiger partial charge in [0.05, 0.1) is 13.2 Å². The van der Waals surface area contributed by atoms with Gasteiger partial charge in [0, 0.05) is 39.0 Å². The molecule has 1 unspecified atom stereocenters. The molecule has 2 aromatic rings. The third-order valence-corrected chi connectivity index (χ3v) is 7.62. The number of amides is 3. The highest BCUT2D eigenvalue weighted by molar-refractivity contribution is 5.86. The van der Waals surface area contributed by atoms with Crippen LogP contribution in [0.2, 0.25) is 0 Å². The smallest absolute Gasteiger partial charge is 0.407 e. The number of benzene rings is 2. The molecule has 2 aliphatic heterocycles. The van der Waals surface area contributed by atoms with E-state index in [1.165, 1.54) is 0 Å². The first-order chi connectivity index (χ1) is 18.5. The van der Waals surface area contributed by atoms with E-state index in [9.17, 15) is 14.4 Å². The molecule has 2 fully saturated rings. The molecule has 0 aromatic heterocycles. The largest absolute Gasteiger partial charge is 0.494 e. The van der Waals surface area contributed by atoms with Crippen LogP contribution in [-0.2, 0) is 20.7 Å². The number of para-hydroxylation sites is 1. The number of alkyl carbamates (subject to hydrolysis) is 1. The predicted octanol–water partition coefficient (Wildman–Crippen LogP) is 4.04. The minimum atomic E-state index is -0.675. The van der Waals surface area contributed by atoms with Crippen molar-refractivity contribution in [3.63, 3.8) is 0 Å². The summed E-state index contributed by atoms with van der Waals surface area (Å²) in [5.41, 5.74) is 1.02. The van der Waals surface area contributed by atoms with E-state index in [4.69, 9.17) is 9.47 Å². The van der Waals surface area contributed by atoms with Crippen molar-refractivity contribution in [3.8, 4) is 5.75 Å². The molecule has 8 heteroatoms. The Labute approximate surface area is 225 Å². The molecule has 2 aromatic carbocycles. The van der Waals surface area contributed by atoms with Gasteiger partial charge >= 0.3 is 6.09 Å². The highest BCUT2D eigenvalue weighted by Crippen LogP contribution is 2.40.